The van der Waals surface area contributed by atoms with Crippen molar-refractivity contribution in [2.24, 2.45) is 17.4 Å². The molecule has 0 spiro atoms. The van der Waals surface area contributed by atoms with Crippen LogP contribution in [0.3, 0.4) is 0 Å². The quantitative estimate of drug-likeness (QED) is 0.486. The number of aromatic hydroxyl groups is 1. The molecule has 0 saturated carbocycles. The maximum absolute atomic E-state index is 10.2. The second-order valence-corrected chi connectivity index (χ2v) is 7.97. The lowest BCUT2D eigenvalue weighted by Crippen LogP contribution is -2.37. The second kappa shape index (κ2) is 13.8. The number of amides is 1. The lowest BCUT2D eigenvalue weighted by atomic mass is 9.74. The zero-order chi connectivity index (χ0) is 23.3. The maximum Gasteiger partial charge on any atom is 0.402 e. The average Bonchev–Trinajstić information content (AvgIpc) is 2.88. The molecular formula is C22H39N3O5. The van der Waals surface area contributed by atoms with Gasteiger partial charge >= 0.3 is 12.1 Å². The Bertz CT molecular complexity index is 651. The van der Waals surface area contributed by atoms with Crippen LogP contribution in [0.15, 0.2) is 24.3 Å². The highest BCUT2D eigenvalue weighted by molar-refractivity contribution is 5.73. The van der Waals surface area contributed by atoms with E-state index in [0.29, 0.717) is 5.75 Å². The van der Waals surface area contributed by atoms with Crippen molar-refractivity contribution in [3.05, 3.63) is 29.8 Å². The van der Waals surface area contributed by atoms with Gasteiger partial charge in [-0.25, -0.2) is 4.79 Å². The first kappa shape index (κ1) is 27.7. The van der Waals surface area contributed by atoms with Gasteiger partial charge in [0, 0.05) is 12.0 Å². The molecule has 1 saturated heterocycles. The van der Waals surface area contributed by atoms with Crippen LogP contribution in [0.25, 0.3) is 0 Å². The first-order valence-corrected chi connectivity index (χ1v) is 10.4. The fourth-order valence-electron chi connectivity index (χ4n) is 3.58. The summed E-state index contributed by atoms with van der Waals surface area (Å²) in [4.78, 5) is 21.4. The van der Waals surface area contributed by atoms with Crippen LogP contribution in [-0.4, -0.2) is 58.5 Å². The van der Waals surface area contributed by atoms with E-state index in [9.17, 15) is 9.90 Å². The van der Waals surface area contributed by atoms with Gasteiger partial charge in [0.15, 0.2) is 0 Å². The van der Waals surface area contributed by atoms with Crippen LogP contribution in [0.4, 0.5) is 4.79 Å². The van der Waals surface area contributed by atoms with Crippen LogP contribution in [0.5, 0.6) is 5.75 Å². The summed E-state index contributed by atoms with van der Waals surface area (Å²) >= 11 is 0. The molecule has 1 aromatic carbocycles. The molecule has 1 fully saturated rings. The molecule has 1 aliphatic heterocycles. The Balaban J connectivity index is 0.000000545. The number of likely N-dealkylation sites (tertiary alicyclic amines) is 1. The molecule has 0 aliphatic carbocycles. The van der Waals surface area contributed by atoms with E-state index in [2.05, 4.69) is 30.7 Å². The summed E-state index contributed by atoms with van der Waals surface area (Å²) in [5.74, 6) is -0.450. The van der Waals surface area contributed by atoms with Gasteiger partial charge in [-0.2, -0.15) is 0 Å². The molecule has 3 unspecified atom stereocenters. The molecule has 8 nitrogen and oxygen atoms in total. The van der Waals surface area contributed by atoms with E-state index < -0.39 is 18.1 Å². The lowest BCUT2D eigenvalue weighted by Gasteiger charge is -2.35. The normalized spacial score (nSPS) is 21.0. The highest BCUT2D eigenvalue weighted by Crippen LogP contribution is 2.37. The number of nitrogens with zero attached hydrogens (tertiary/aromatic N) is 1. The monoisotopic (exact) mass is 425 g/mol. The predicted octanol–water partition coefficient (Wildman–Crippen LogP) is 3.22. The van der Waals surface area contributed by atoms with E-state index in [1.807, 2.05) is 26.0 Å². The largest absolute Gasteiger partial charge is 0.508 e. The van der Waals surface area contributed by atoms with Crippen molar-refractivity contribution in [3.8, 4) is 5.75 Å². The van der Waals surface area contributed by atoms with Crippen molar-refractivity contribution in [2.45, 2.75) is 64.3 Å². The summed E-state index contributed by atoms with van der Waals surface area (Å²) in [5, 5.41) is 25.2. The minimum atomic E-state index is -1.33. The van der Waals surface area contributed by atoms with E-state index >= 15 is 0 Å². The zero-order valence-electron chi connectivity index (χ0n) is 18.7. The minimum Gasteiger partial charge on any atom is -0.508 e. The number of nitrogens with two attached hydrogens (primary N) is 2. The number of likely N-dealkylation sites (N-methyl/N-ethyl adjacent to an activating group) is 1. The molecule has 30 heavy (non-hydrogen) atoms. The number of phenolic OH excluding ortho intramolecular Hbond substituents is 1. The number of phenols is 1. The van der Waals surface area contributed by atoms with Crippen molar-refractivity contribution < 1.29 is 24.9 Å². The Morgan fingerprint density at radius 2 is 1.83 bits per heavy atom. The van der Waals surface area contributed by atoms with Crippen LogP contribution >= 0.6 is 0 Å². The number of rotatable bonds is 5. The van der Waals surface area contributed by atoms with Gasteiger partial charge in [-0.15, -0.1) is 0 Å². The molecule has 1 aromatic rings. The number of carboxylic acids is 1. The lowest BCUT2D eigenvalue weighted by molar-refractivity contribution is -0.139. The highest BCUT2D eigenvalue weighted by atomic mass is 16.4. The first-order chi connectivity index (χ1) is 14.0. The van der Waals surface area contributed by atoms with Crippen molar-refractivity contribution in [1.82, 2.24) is 4.90 Å². The number of aliphatic carboxylic acids is 1. The molecule has 0 aromatic heterocycles. The van der Waals surface area contributed by atoms with Gasteiger partial charge in [-0.3, -0.25) is 4.79 Å². The number of hydrogen-bond acceptors (Lipinski definition) is 5. The van der Waals surface area contributed by atoms with Crippen LogP contribution in [0, 0.1) is 5.92 Å². The van der Waals surface area contributed by atoms with Gasteiger partial charge < -0.3 is 31.7 Å². The average molecular weight is 426 g/mol. The molecule has 1 heterocycles. The predicted molar refractivity (Wildman–Crippen MR) is 119 cm³/mol. The van der Waals surface area contributed by atoms with Gasteiger partial charge in [0.1, 0.15) is 11.8 Å². The van der Waals surface area contributed by atoms with Crippen molar-refractivity contribution in [2.75, 3.05) is 20.1 Å². The van der Waals surface area contributed by atoms with Gasteiger partial charge in [0.2, 0.25) is 0 Å². The van der Waals surface area contributed by atoms with Crippen molar-refractivity contribution in [3.63, 3.8) is 0 Å². The number of primary amides is 1. The molecule has 7 N–H and O–H groups in total. The van der Waals surface area contributed by atoms with Crippen molar-refractivity contribution in [1.29, 1.82) is 0 Å². The van der Waals surface area contributed by atoms with Crippen LogP contribution in [0.1, 0.15) is 58.4 Å². The Kier molecular flexibility index (Phi) is 12.8. The van der Waals surface area contributed by atoms with Crippen molar-refractivity contribution >= 4 is 12.1 Å². The number of benzene rings is 1. The Morgan fingerprint density at radius 1 is 1.23 bits per heavy atom. The topological polar surface area (TPSA) is 150 Å². The number of carboxylic acid groups (broad SMARTS) is 2. The van der Waals surface area contributed by atoms with Gasteiger partial charge in [-0.1, -0.05) is 45.7 Å². The Labute approximate surface area is 179 Å². The molecule has 172 valence electrons. The third kappa shape index (κ3) is 9.93. The zero-order valence-corrected chi connectivity index (χ0v) is 18.7. The second-order valence-electron chi connectivity index (χ2n) is 7.97. The molecule has 2 rings (SSSR count). The summed E-state index contributed by atoms with van der Waals surface area (Å²) < 4.78 is 0. The van der Waals surface area contributed by atoms with Gasteiger partial charge in [-0.05, 0) is 56.5 Å². The SMILES string of the molecule is CCC(C)C(N)C(=O)O.CCC1(c2cccc(O)c2)CCCCN(C)C1.NC(=O)O. The molecule has 0 bridgehead atoms. The number of hydrogen-bond donors (Lipinski definition) is 5. The number of carbonyl (C=O) groups is 2. The molecule has 1 aliphatic rings. The molecular weight excluding hydrogens is 386 g/mol. The molecule has 8 heteroatoms. The third-order valence-corrected chi connectivity index (χ3v) is 5.70. The fraction of sp³-hybridized carbons (Fsp3) is 0.636. The van der Waals surface area contributed by atoms with E-state index in [0.717, 1.165) is 19.4 Å². The third-order valence-electron chi connectivity index (χ3n) is 5.70. The van der Waals surface area contributed by atoms with Crippen LogP contribution < -0.4 is 11.5 Å². The minimum absolute atomic E-state index is 0.0718. The summed E-state index contributed by atoms with van der Waals surface area (Å²) in [6.07, 6.45) is 4.43. The molecule has 0 radical (unpaired) electrons. The molecule has 1 amide bonds. The standard InChI is InChI=1S/C15H23NO.C6H13NO2.CH3NO2/c1-3-15(9-4-5-10-16(2)12-15)13-7-6-8-14(17)11-13;1-3-4(2)5(7)6(8)9;2-1(3)4/h6-8,11,17H,3-5,9-10,12H2,1-2H3;4-5H,3,7H2,1-2H3,(H,8,9);2H2,(H,3,4). The fourth-order valence-corrected chi connectivity index (χ4v) is 3.58. The Hall–Kier alpha value is -2.32. The van der Waals surface area contributed by atoms with Gasteiger partial charge in [0.25, 0.3) is 0 Å². The smallest absolute Gasteiger partial charge is 0.402 e. The molecule has 3 atom stereocenters. The summed E-state index contributed by atoms with van der Waals surface area (Å²) in [5.41, 5.74) is 10.8. The summed E-state index contributed by atoms with van der Waals surface area (Å²) in [6.45, 7) is 8.32. The van der Waals surface area contributed by atoms with Gasteiger partial charge in [0.05, 0.1) is 0 Å². The van der Waals surface area contributed by atoms with E-state index in [1.54, 1.807) is 6.07 Å². The maximum atomic E-state index is 10.2. The van der Waals surface area contributed by atoms with Crippen LogP contribution in [-0.2, 0) is 10.2 Å². The summed E-state index contributed by atoms with van der Waals surface area (Å²) in [6, 6.07) is 7.14. The van der Waals surface area contributed by atoms with Crippen LogP contribution in [0.2, 0.25) is 0 Å². The van der Waals surface area contributed by atoms with E-state index in [1.165, 1.54) is 31.4 Å². The highest BCUT2D eigenvalue weighted by Gasteiger charge is 2.33. The first-order valence-electron chi connectivity index (χ1n) is 10.4. The van der Waals surface area contributed by atoms with E-state index in [4.69, 9.17) is 20.7 Å². The Morgan fingerprint density at radius 3 is 2.27 bits per heavy atom. The summed E-state index contributed by atoms with van der Waals surface area (Å²) in [7, 11) is 2.21. The van der Waals surface area contributed by atoms with E-state index in [-0.39, 0.29) is 11.3 Å².